The molecule has 1 fully saturated rings. The van der Waals surface area contributed by atoms with Gasteiger partial charge in [-0.2, -0.15) is 0 Å². The molecule has 2 rings (SSSR count). The molecule has 8 heteroatoms. The summed E-state index contributed by atoms with van der Waals surface area (Å²) in [6.45, 7) is -0.265. The van der Waals surface area contributed by atoms with Gasteiger partial charge in [-0.05, 0) is 24.6 Å². The van der Waals surface area contributed by atoms with Crippen LogP contribution in [-0.4, -0.2) is 44.8 Å². The Labute approximate surface area is 130 Å². The fraction of sp³-hybridized carbons (Fsp3) is 0.385. The first-order valence-corrected chi connectivity index (χ1v) is 8.88. The van der Waals surface area contributed by atoms with Crippen molar-refractivity contribution in [2.24, 2.45) is 0 Å². The minimum Gasteiger partial charge on any atom is -0.483 e. The number of ether oxygens (including phenoxy) is 1. The molecule has 1 atom stereocenters. The van der Waals surface area contributed by atoms with Gasteiger partial charge in [-0.25, -0.2) is 8.42 Å². The van der Waals surface area contributed by atoms with Crippen molar-refractivity contribution in [2.45, 2.75) is 12.5 Å². The van der Waals surface area contributed by atoms with Gasteiger partial charge >= 0.3 is 0 Å². The highest BCUT2D eigenvalue weighted by Crippen LogP contribution is 2.21. The molecule has 0 bridgehead atoms. The highest BCUT2D eigenvalue weighted by atomic mass is 79.9. The first-order valence-electron chi connectivity index (χ1n) is 6.27. The molecular weight excluding hydrogens is 362 g/mol. The minimum absolute atomic E-state index is 0.0311. The van der Waals surface area contributed by atoms with Crippen LogP contribution in [0.1, 0.15) is 16.8 Å². The van der Waals surface area contributed by atoms with E-state index >= 15 is 0 Å². The lowest BCUT2D eigenvalue weighted by atomic mass is 10.2. The van der Waals surface area contributed by atoms with Crippen molar-refractivity contribution in [3.63, 3.8) is 0 Å². The second-order valence-corrected chi connectivity index (χ2v) is 7.90. The molecule has 1 heterocycles. The maximum atomic E-state index is 11.7. The van der Waals surface area contributed by atoms with Crippen molar-refractivity contribution >= 4 is 38.0 Å². The highest BCUT2D eigenvalue weighted by molar-refractivity contribution is 9.10. The number of carbonyl (C=O) groups is 2. The number of hydrogen-bond acceptors (Lipinski definition) is 5. The Balaban J connectivity index is 1.88. The van der Waals surface area contributed by atoms with Crippen LogP contribution in [0, 0.1) is 0 Å². The number of rotatable bonds is 5. The number of sulfone groups is 1. The Hall–Kier alpha value is -1.41. The highest BCUT2D eigenvalue weighted by Gasteiger charge is 2.28. The number of hydrogen-bond donors (Lipinski definition) is 1. The second kappa shape index (κ2) is 6.57. The number of aldehydes is 1. The molecule has 1 aromatic rings. The molecule has 0 spiro atoms. The van der Waals surface area contributed by atoms with Crippen molar-refractivity contribution in [1.29, 1.82) is 0 Å². The average molecular weight is 376 g/mol. The van der Waals surface area contributed by atoms with Gasteiger partial charge in [-0.3, -0.25) is 9.59 Å². The van der Waals surface area contributed by atoms with Crippen molar-refractivity contribution in [3.8, 4) is 5.75 Å². The zero-order chi connectivity index (χ0) is 15.5. The van der Waals surface area contributed by atoms with Gasteiger partial charge in [0.25, 0.3) is 5.91 Å². The number of carbonyl (C=O) groups excluding carboxylic acids is 2. The largest absolute Gasteiger partial charge is 0.483 e. The lowest BCUT2D eigenvalue weighted by Gasteiger charge is -2.12. The fourth-order valence-electron chi connectivity index (χ4n) is 2.06. The summed E-state index contributed by atoms with van der Waals surface area (Å²) in [6, 6.07) is 4.51. The maximum Gasteiger partial charge on any atom is 0.258 e. The summed E-state index contributed by atoms with van der Waals surface area (Å²) < 4.78 is 28.6. The predicted molar refractivity (Wildman–Crippen MR) is 80.2 cm³/mol. The summed E-state index contributed by atoms with van der Waals surface area (Å²) in [4.78, 5) is 22.6. The summed E-state index contributed by atoms with van der Waals surface area (Å²) in [5.41, 5.74) is 0.334. The van der Waals surface area contributed by atoms with Crippen molar-refractivity contribution < 1.29 is 22.7 Å². The van der Waals surface area contributed by atoms with Crippen molar-refractivity contribution in [2.75, 3.05) is 18.1 Å². The van der Waals surface area contributed by atoms with Gasteiger partial charge in [0.05, 0.1) is 17.1 Å². The summed E-state index contributed by atoms with van der Waals surface area (Å²) in [6.07, 6.45) is 1.06. The van der Waals surface area contributed by atoms with Crippen molar-refractivity contribution in [1.82, 2.24) is 5.32 Å². The van der Waals surface area contributed by atoms with E-state index < -0.39 is 15.7 Å². The molecule has 114 valence electrons. The van der Waals surface area contributed by atoms with Gasteiger partial charge in [0, 0.05) is 10.5 Å². The van der Waals surface area contributed by atoms with Gasteiger partial charge < -0.3 is 10.1 Å². The Morgan fingerprint density at radius 3 is 2.86 bits per heavy atom. The van der Waals surface area contributed by atoms with Gasteiger partial charge in [-0.1, -0.05) is 15.9 Å². The molecule has 1 saturated heterocycles. The third-order valence-corrected chi connectivity index (χ3v) is 5.32. The third kappa shape index (κ3) is 4.53. The molecule has 1 N–H and O–H groups in total. The smallest absolute Gasteiger partial charge is 0.258 e. The standard InChI is InChI=1S/C13H14BrNO5S/c14-10-1-2-12(9(5-10)6-16)20-7-13(17)15-11-3-4-21(18,19)8-11/h1-2,5-6,11H,3-4,7-8H2,(H,15,17)/t11-/m0/s1. The van der Waals surface area contributed by atoms with Crippen LogP contribution in [0.15, 0.2) is 22.7 Å². The van der Waals surface area contributed by atoms with Gasteiger partial charge in [0.2, 0.25) is 0 Å². The second-order valence-electron chi connectivity index (χ2n) is 4.76. The quantitative estimate of drug-likeness (QED) is 0.773. The summed E-state index contributed by atoms with van der Waals surface area (Å²) >= 11 is 3.24. The molecule has 6 nitrogen and oxygen atoms in total. The van der Waals surface area contributed by atoms with E-state index in [1.165, 1.54) is 0 Å². The maximum absolute atomic E-state index is 11.7. The fourth-order valence-corrected chi connectivity index (χ4v) is 4.12. The van der Waals surface area contributed by atoms with E-state index in [4.69, 9.17) is 4.74 Å². The molecule has 0 aromatic heterocycles. The van der Waals surface area contributed by atoms with Crippen LogP contribution in [0.2, 0.25) is 0 Å². The Bertz CT molecular complexity index is 659. The minimum atomic E-state index is -3.03. The van der Waals surface area contributed by atoms with E-state index in [-0.39, 0.29) is 24.2 Å². The summed E-state index contributed by atoms with van der Waals surface area (Å²) in [5.74, 6) is -0.0310. The monoisotopic (exact) mass is 375 g/mol. The van der Waals surface area contributed by atoms with Crippen LogP contribution >= 0.6 is 15.9 Å². The van der Waals surface area contributed by atoms with Gasteiger partial charge in [0.1, 0.15) is 5.75 Å². The Morgan fingerprint density at radius 1 is 1.48 bits per heavy atom. The van der Waals surface area contributed by atoms with Crippen molar-refractivity contribution in [3.05, 3.63) is 28.2 Å². The summed E-state index contributed by atoms with van der Waals surface area (Å²) in [7, 11) is -3.03. The third-order valence-electron chi connectivity index (χ3n) is 3.06. The van der Waals surface area contributed by atoms with Crippen LogP contribution in [0.25, 0.3) is 0 Å². The Kier molecular flexibility index (Phi) is 5.00. The topological polar surface area (TPSA) is 89.5 Å². The molecule has 1 aromatic carbocycles. The van der Waals surface area contributed by atoms with E-state index in [0.29, 0.717) is 24.0 Å². The number of halogens is 1. The average Bonchev–Trinajstić information content (AvgIpc) is 2.76. The molecular formula is C13H14BrNO5S. The number of amides is 1. The van der Waals surface area contributed by atoms with E-state index in [1.54, 1.807) is 18.2 Å². The van der Waals surface area contributed by atoms with Crippen LogP contribution in [0.4, 0.5) is 0 Å². The molecule has 0 radical (unpaired) electrons. The predicted octanol–water partition coefficient (Wildman–Crippen LogP) is 0.944. The Morgan fingerprint density at radius 2 is 2.24 bits per heavy atom. The van der Waals surface area contributed by atoms with Crippen LogP contribution in [0.5, 0.6) is 5.75 Å². The molecule has 0 unspecified atom stereocenters. The molecule has 1 aliphatic heterocycles. The first kappa shape index (κ1) is 16.0. The molecule has 0 saturated carbocycles. The van der Waals surface area contributed by atoms with E-state index in [9.17, 15) is 18.0 Å². The van der Waals surface area contributed by atoms with E-state index in [0.717, 1.165) is 4.47 Å². The van der Waals surface area contributed by atoms with E-state index in [2.05, 4.69) is 21.2 Å². The first-order chi connectivity index (χ1) is 9.89. The van der Waals surface area contributed by atoms with Crippen LogP contribution < -0.4 is 10.1 Å². The summed E-state index contributed by atoms with van der Waals surface area (Å²) in [5, 5.41) is 2.61. The number of benzene rings is 1. The zero-order valence-electron chi connectivity index (χ0n) is 11.0. The molecule has 21 heavy (non-hydrogen) atoms. The SMILES string of the molecule is O=Cc1cc(Br)ccc1OCC(=O)N[C@H]1CCS(=O)(=O)C1. The normalized spacial score (nSPS) is 20.0. The van der Waals surface area contributed by atoms with E-state index in [1.807, 2.05) is 0 Å². The lowest BCUT2D eigenvalue weighted by Crippen LogP contribution is -2.38. The zero-order valence-corrected chi connectivity index (χ0v) is 13.4. The van der Waals surface area contributed by atoms with Gasteiger partial charge in [0.15, 0.2) is 22.7 Å². The molecule has 0 aliphatic carbocycles. The lowest BCUT2D eigenvalue weighted by molar-refractivity contribution is -0.123. The van der Waals surface area contributed by atoms with Gasteiger partial charge in [-0.15, -0.1) is 0 Å². The van der Waals surface area contributed by atoms with Crippen LogP contribution in [-0.2, 0) is 14.6 Å². The molecule has 1 aliphatic rings. The van der Waals surface area contributed by atoms with Crippen LogP contribution in [0.3, 0.4) is 0 Å². The number of nitrogens with one attached hydrogen (secondary N) is 1. The molecule has 1 amide bonds.